The summed E-state index contributed by atoms with van der Waals surface area (Å²) in [6, 6.07) is 2.26. The number of rotatable bonds is 4. The van der Waals surface area contributed by atoms with Crippen LogP contribution in [0.4, 0.5) is 4.39 Å². The number of hydrogen-bond donors (Lipinski definition) is 1. The second-order valence-corrected chi connectivity index (χ2v) is 6.68. The predicted molar refractivity (Wildman–Crippen MR) is 70.1 cm³/mol. The second-order valence-electron chi connectivity index (χ2n) is 4.28. The van der Waals surface area contributed by atoms with Crippen molar-refractivity contribution in [3.05, 3.63) is 28.0 Å². The number of sulfonamides is 1. The molecule has 8 heteroatoms. The lowest BCUT2D eigenvalue weighted by atomic mass is 10.3. The molecule has 1 N–H and O–H groups in total. The van der Waals surface area contributed by atoms with Gasteiger partial charge < -0.3 is 0 Å². The van der Waals surface area contributed by atoms with E-state index in [4.69, 9.17) is 28.0 Å². The summed E-state index contributed by atoms with van der Waals surface area (Å²) in [5, 5.41) is -0.782. The van der Waals surface area contributed by atoms with E-state index < -0.39 is 25.8 Å². The van der Waals surface area contributed by atoms with Gasteiger partial charge in [0.1, 0.15) is 4.90 Å². The van der Waals surface area contributed by atoms with Crippen LogP contribution in [0.15, 0.2) is 17.0 Å². The zero-order valence-corrected chi connectivity index (χ0v) is 12.2. The molecule has 1 fully saturated rings. The molecule has 1 aliphatic rings. The molecule has 0 aromatic heterocycles. The van der Waals surface area contributed by atoms with Gasteiger partial charge in [-0.15, -0.1) is 0 Å². The highest BCUT2D eigenvalue weighted by Gasteiger charge is 2.24. The maximum absolute atomic E-state index is 13.5. The summed E-state index contributed by atoms with van der Waals surface area (Å²) in [6.07, 6.45) is 3.45. The molecule has 0 bridgehead atoms. The standard InChI is InChI=1S/C11H12Cl2FNO3S/c12-8-5-6-9(10(13)11(8)14)19(16,17)15-18-7-3-1-2-4-7/h5-7,15H,1-4H2. The van der Waals surface area contributed by atoms with Gasteiger partial charge in [0.05, 0.1) is 16.1 Å². The fourth-order valence-corrected chi connectivity index (χ4v) is 3.50. The number of halogens is 3. The molecule has 0 amide bonds. The Balaban J connectivity index is 2.17. The highest BCUT2D eigenvalue weighted by Crippen LogP contribution is 2.29. The number of hydrogen-bond acceptors (Lipinski definition) is 3. The van der Waals surface area contributed by atoms with Gasteiger partial charge in [0.15, 0.2) is 5.82 Å². The molecule has 0 spiro atoms. The molecule has 0 aliphatic heterocycles. The van der Waals surface area contributed by atoms with E-state index in [0.717, 1.165) is 37.8 Å². The third-order valence-corrected chi connectivity index (χ3v) is 4.92. The van der Waals surface area contributed by atoms with Crippen LogP contribution in [0.25, 0.3) is 0 Å². The highest BCUT2D eigenvalue weighted by atomic mass is 35.5. The molecule has 0 heterocycles. The van der Waals surface area contributed by atoms with Crippen molar-refractivity contribution >= 4 is 33.2 Å². The SMILES string of the molecule is O=S(=O)(NOC1CCCC1)c1ccc(Cl)c(F)c1Cl. The van der Waals surface area contributed by atoms with Crippen molar-refractivity contribution in [2.45, 2.75) is 36.7 Å². The topological polar surface area (TPSA) is 55.4 Å². The zero-order valence-electron chi connectivity index (χ0n) is 9.83. The van der Waals surface area contributed by atoms with Crippen LogP contribution >= 0.6 is 23.2 Å². The van der Waals surface area contributed by atoms with E-state index in [0.29, 0.717) is 0 Å². The van der Waals surface area contributed by atoms with E-state index in [-0.39, 0.29) is 11.1 Å². The largest absolute Gasteiger partial charge is 0.284 e. The molecule has 0 atom stereocenters. The fraction of sp³-hybridized carbons (Fsp3) is 0.455. The normalized spacial score (nSPS) is 17.0. The van der Waals surface area contributed by atoms with Crippen LogP contribution in [-0.4, -0.2) is 14.5 Å². The molecular formula is C11H12Cl2FNO3S. The van der Waals surface area contributed by atoms with Gasteiger partial charge in [0.25, 0.3) is 10.0 Å². The minimum atomic E-state index is -4.02. The van der Waals surface area contributed by atoms with Crippen molar-refractivity contribution in [1.29, 1.82) is 0 Å². The predicted octanol–water partition coefficient (Wildman–Crippen LogP) is 3.29. The first-order chi connectivity index (χ1) is 8.92. The van der Waals surface area contributed by atoms with E-state index in [1.165, 1.54) is 0 Å². The second kappa shape index (κ2) is 5.93. The van der Waals surface area contributed by atoms with E-state index >= 15 is 0 Å². The number of nitrogens with one attached hydrogen (secondary N) is 1. The summed E-state index contributed by atoms with van der Waals surface area (Å²) >= 11 is 11.2. The van der Waals surface area contributed by atoms with Crippen molar-refractivity contribution in [1.82, 2.24) is 4.89 Å². The Bertz CT molecular complexity index is 574. The Labute approximate surface area is 120 Å². The average Bonchev–Trinajstić information content (AvgIpc) is 2.86. The zero-order chi connectivity index (χ0) is 14.0. The van der Waals surface area contributed by atoms with Gasteiger partial charge in [-0.3, -0.25) is 4.84 Å². The Hall–Kier alpha value is -0.400. The first-order valence-corrected chi connectivity index (χ1v) is 7.96. The van der Waals surface area contributed by atoms with E-state index in [9.17, 15) is 12.8 Å². The molecule has 0 radical (unpaired) electrons. The van der Waals surface area contributed by atoms with Crippen LogP contribution in [0.1, 0.15) is 25.7 Å². The summed E-state index contributed by atoms with van der Waals surface area (Å²) in [4.78, 5) is 6.68. The van der Waals surface area contributed by atoms with Crippen molar-refractivity contribution in [3.63, 3.8) is 0 Å². The van der Waals surface area contributed by atoms with Crippen LogP contribution in [-0.2, 0) is 14.9 Å². The van der Waals surface area contributed by atoms with Crippen LogP contribution in [0, 0.1) is 5.82 Å². The van der Waals surface area contributed by atoms with Crippen LogP contribution < -0.4 is 4.89 Å². The molecule has 1 aromatic carbocycles. The third kappa shape index (κ3) is 3.38. The maximum Gasteiger partial charge on any atom is 0.264 e. The number of benzene rings is 1. The maximum atomic E-state index is 13.5. The molecular weight excluding hydrogens is 316 g/mol. The molecule has 19 heavy (non-hydrogen) atoms. The monoisotopic (exact) mass is 327 g/mol. The van der Waals surface area contributed by atoms with Crippen molar-refractivity contribution in [2.24, 2.45) is 0 Å². The summed E-state index contributed by atoms with van der Waals surface area (Å²) in [5.41, 5.74) is 0. The van der Waals surface area contributed by atoms with E-state index in [1.54, 1.807) is 0 Å². The van der Waals surface area contributed by atoms with Crippen LogP contribution in [0.2, 0.25) is 10.0 Å². The summed E-state index contributed by atoms with van der Waals surface area (Å²) in [7, 11) is -4.02. The molecule has 1 aromatic rings. The minimum absolute atomic E-state index is 0.148. The lowest BCUT2D eigenvalue weighted by Gasteiger charge is -2.13. The van der Waals surface area contributed by atoms with Crippen LogP contribution in [0.3, 0.4) is 0 Å². The smallest absolute Gasteiger partial charge is 0.264 e. The van der Waals surface area contributed by atoms with Crippen molar-refractivity contribution in [2.75, 3.05) is 0 Å². The van der Waals surface area contributed by atoms with Gasteiger partial charge in [-0.25, -0.2) is 12.8 Å². The van der Waals surface area contributed by atoms with Crippen molar-refractivity contribution < 1.29 is 17.6 Å². The first kappa shape index (κ1) is 15.0. The Morgan fingerprint density at radius 1 is 1.26 bits per heavy atom. The molecule has 0 saturated heterocycles. The summed E-state index contributed by atoms with van der Waals surface area (Å²) in [5.74, 6) is -0.966. The van der Waals surface area contributed by atoms with Crippen LogP contribution in [0.5, 0.6) is 0 Å². The van der Waals surface area contributed by atoms with Crippen molar-refractivity contribution in [3.8, 4) is 0 Å². The van der Waals surface area contributed by atoms with Gasteiger partial charge in [-0.2, -0.15) is 0 Å². The highest BCUT2D eigenvalue weighted by molar-refractivity contribution is 7.89. The fourth-order valence-electron chi connectivity index (χ4n) is 1.90. The Kier molecular flexibility index (Phi) is 4.68. The third-order valence-electron chi connectivity index (χ3n) is 2.92. The molecule has 2 rings (SSSR count). The molecule has 1 saturated carbocycles. The first-order valence-electron chi connectivity index (χ1n) is 5.73. The Morgan fingerprint density at radius 2 is 1.89 bits per heavy atom. The molecule has 1 aliphatic carbocycles. The van der Waals surface area contributed by atoms with Gasteiger partial charge in [-0.1, -0.05) is 40.9 Å². The summed E-state index contributed by atoms with van der Waals surface area (Å²) in [6.45, 7) is 0. The molecule has 106 valence electrons. The van der Waals surface area contributed by atoms with Gasteiger partial charge >= 0.3 is 0 Å². The Morgan fingerprint density at radius 3 is 2.53 bits per heavy atom. The lowest BCUT2D eigenvalue weighted by molar-refractivity contribution is 0.0223. The van der Waals surface area contributed by atoms with Gasteiger partial charge in [0, 0.05) is 0 Å². The van der Waals surface area contributed by atoms with E-state index in [1.807, 2.05) is 4.89 Å². The minimum Gasteiger partial charge on any atom is -0.284 e. The summed E-state index contributed by atoms with van der Waals surface area (Å²) < 4.78 is 37.4. The molecule has 4 nitrogen and oxygen atoms in total. The van der Waals surface area contributed by atoms with Gasteiger partial charge in [0.2, 0.25) is 0 Å². The molecule has 0 unspecified atom stereocenters. The lowest BCUT2D eigenvalue weighted by Crippen LogP contribution is -2.28. The quantitative estimate of drug-likeness (QED) is 0.682. The average molecular weight is 328 g/mol. The van der Waals surface area contributed by atoms with Gasteiger partial charge in [-0.05, 0) is 25.0 Å². The van der Waals surface area contributed by atoms with E-state index in [2.05, 4.69) is 0 Å².